The van der Waals surface area contributed by atoms with Gasteiger partial charge in [-0.25, -0.2) is 0 Å². The van der Waals surface area contributed by atoms with Crippen LogP contribution in [0.3, 0.4) is 0 Å². The number of piperazine rings is 1. The minimum absolute atomic E-state index is 0.101. The zero-order valence-electron chi connectivity index (χ0n) is 17.0. The summed E-state index contributed by atoms with van der Waals surface area (Å²) < 4.78 is 6.28. The molecule has 2 aromatic rings. The van der Waals surface area contributed by atoms with Crippen molar-refractivity contribution in [2.24, 2.45) is 0 Å². The molecule has 0 atom stereocenters. The van der Waals surface area contributed by atoms with Crippen LogP contribution in [0.4, 0.5) is 11.4 Å². The lowest BCUT2D eigenvalue weighted by Gasteiger charge is -2.39. The molecule has 0 aliphatic carbocycles. The van der Waals surface area contributed by atoms with Gasteiger partial charge in [0.1, 0.15) is 11.4 Å². The number of ether oxygens (including phenoxy) is 1. The Morgan fingerprint density at radius 1 is 0.852 bits per heavy atom. The van der Waals surface area contributed by atoms with Crippen molar-refractivity contribution >= 4 is 23.0 Å². The Bertz CT molecular complexity index is 865. The van der Waals surface area contributed by atoms with E-state index in [4.69, 9.17) is 16.3 Å². The van der Waals surface area contributed by atoms with Gasteiger partial charge in [0.15, 0.2) is 0 Å². The van der Waals surface area contributed by atoms with E-state index in [1.54, 1.807) is 0 Å². The molecule has 2 aromatic carbocycles. The molecule has 2 aliphatic heterocycles. The van der Waals surface area contributed by atoms with Crippen molar-refractivity contribution in [1.82, 2.24) is 0 Å². The molecule has 2 heterocycles. The number of hydrogen-bond acceptors (Lipinski definition) is 3. The number of rotatable bonds is 2. The second-order valence-corrected chi connectivity index (χ2v) is 8.96. The zero-order valence-corrected chi connectivity index (χ0v) is 17.8. The first-order valence-electron chi connectivity index (χ1n) is 9.84. The maximum Gasteiger partial charge on any atom is 0.127 e. The van der Waals surface area contributed by atoms with Gasteiger partial charge in [-0.3, -0.25) is 0 Å². The summed E-state index contributed by atoms with van der Waals surface area (Å²) in [5.41, 5.74) is 8.05. The van der Waals surface area contributed by atoms with Gasteiger partial charge in [0.05, 0.1) is 0 Å². The molecule has 0 N–H and O–H groups in total. The monoisotopic (exact) mass is 384 g/mol. The highest BCUT2D eigenvalue weighted by molar-refractivity contribution is 6.30. The smallest absolute Gasteiger partial charge is 0.127 e. The summed E-state index contributed by atoms with van der Waals surface area (Å²) in [7, 11) is 0. The van der Waals surface area contributed by atoms with Crippen LogP contribution < -0.4 is 14.5 Å². The lowest BCUT2D eigenvalue weighted by molar-refractivity contribution is 0.137. The van der Waals surface area contributed by atoms with Crippen molar-refractivity contribution in [1.29, 1.82) is 0 Å². The van der Waals surface area contributed by atoms with Gasteiger partial charge >= 0.3 is 0 Å². The van der Waals surface area contributed by atoms with Gasteiger partial charge in [-0.15, -0.1) is 0 Å². The average Bonchev–Trinajstić information content (AvgIpc) is 2.97. The molecule has 0 spiro atoms. The Kier molecular flexibility index (Phi) is 4.54. The first-order chi connectivity index (χ1) is 12.8. The Hall–Kier alpha value is -1.87. The number of hydrogen-bond donors (Lipinski definition) is 0. The number of halogens is 1. The largest absolute Gasteiger partial charge is 0.487 e. The molecule has 4 heteroatoms. The third kappa shape index (κ3) is 3.27. The molecule has 2 aliphatic rings. The van der Waals surface area contributed by atoms with E-state index in [-0.39, 0.29) is 5.60 Å². The van der Waals surface area contributed by atoms with Crippen molar-refractivity contribution in [3.8, 4) is 5.75 Å². The summed E-state index contributed by atoms with van der Waals surface area (Å²) in [6.07, 6.45) is 0.993. The van der Waals surface area contributed by atoms with E-state index in [1.165, 1.54) is 33.6 Å². The van der Waals surface area contributed by atoms with Crippen LogP contribution in [0, 0.1) is 20.8 Å². The molecule has 0 aromatic heterocycles. The second-order valence-electron chi connectivity index (χ2n) is 8.52. The fourth-order valence-corrected chi connectivity index (χ4v) is 4.70. The fraction of sp³-hybridized carbons (Fsp3) is 0.478. The summed E-state index contributed by atoms with van der Waals surface area (Å²) in [6.45, 7) is 15.2. The summed E-state index contributed by atoms with van der Waals surface area (Å²) in [6, 6.07) is 8.19. The maximum atomic E-state index is 6.28. The Balaban J connectivity index is 1.59. The van der Waals surface area contributed by atoms with Gasteiger partial charge < -0.3 is 14.5 Å². The highest BCUT2D eigenvalue weighted by Crippen LogP contribution is 2.45. The van der Waals surface area contributed by atoms with Gasteiger partial charge in [-0.05, 0) is 75.6 Å². The van der Waals surface area contributed by atoms with Crippen molar-refractivity contribution in [3.05, 3.63) is 51.5 Å². The topological polar surface area (TPSA) is 15.7 Å². The van der Waals surface area contributed by atoms with Crippen LogP contribution in [0.25, 0.3) is 0 Å². The van der Waals surface area contributed by atoms with Crippen LogP contribution >= 0.6 is 11.6 Å². The Morgan fingerprint density at radius 3 is 2.07 bits per heavy atom. The van der Waals surface area contributed by atoms with E-state index in [2.05, 4.69) is 56.6 Å². The second kappa shape index (κ2) is 6.63. The Morgan fingerprint density at radius 2 is 1.44 bits per heavy atom. The lowest BCUT2D eigenvalue weighted by atomic mass is 9.92. The molecular weight excluding hydrogens is 356 g/mol. The van der Waals surface area contributed by atoms with Crippen molar-refractivity contribution in [2.75, 3.05) is 36.0 Å². The third-order valence-electron chi connectivity index (χ3n) is 6.11. The minimum atomic E-state index is -0.101. The normalized spacial score (nSPS) is 18.4. The molecule has 144 valence electrons. The summed E-state index contributed by atoms with van der Waals surface area (Å²) in [5.74, 6) is 1.12. The van der Waals surface area contributed by atoms with Crippen LogP contribution in [0.15, 0.2) is 24.3 Å². The summed E-state index contributed by atoms with van der Waals surface area (Å²) in [5, 5.41) is 0.794. The summed E-state index contributed by atoms with van der Waals surface area (Å²) in [4.78, 5) is 5.01. The first kappa shape index (κ1) is 18.5. The van der Waals surface area contributed by atoms with E-state index in [1.807, 2.05) is 12.1 Å². The van der Waals surface area contributed by atoms with E-state index in [0.717, 1.165) is 43.4 Å². The number of benzene rings is 2. The van der Waals surface area contributed by atoms with Crippen LogP contribution in [-0.4, -0.2) is 31.8 Å². The van der Waals surface area contributed by atoms with E-state index >= 15 is 0 Å². The molecule has 0 radical (unpaired) electrons. The zero-order chi connectivity index (χ0) is 19.3. The molecule has 0 unspecified atom stereocenters. The molecular formula is C23H29ClN2O. The predicted molar refractivity (Wildman–Crippen MR) is 115 cm³/mol. The van der Waals surface area contributed by atoms with Crippen LogP contribution in [0.1, 0.15) is 36.1 Å². The number of anilines is 2. The van der Waals surface area contributed by atoms with Crippen molar-refractivity contribution < 1.29 is 4.74 Å². The average molecular weight is 385 g/mol. The molecule has 1 fully saturated rings. The molecule has 0 saturated carbocycles. The SMILES string of the molecule is Cc1c(C)c(N2CCN(c3ccc(Cl)cc3)CC2)c(C)c2c1OC(C)(C)C2. The minimum Gasteiger partial charge on any atom is -0.487 e. The lowest BCUT2D eigenvalue weighted by Crippen LogP contribution is -2.47. The predicted octanol–water partition coefficient (Wildman–Crippen LogP) is 5.31. The van der Waals surface area contributed by atoms with Crippen molar-refractivity contribution in [2.45, 2.75) is 46.6 Å². The third-order valence-corrected chi connectivity index (χ3v) is 6.36. The first-order valence-corrected chi connectivity index (χ1v) is 10.2. The fourth-order valence-electron chi connectivity index (χ4n) is 4.57. The summed E-state index contributed by atoms with van der Waals surface area (Å²) >= 11 is 6.03. The van der Waals surface area contributed by atoms with Crippen LogP contribution in [-0.2, 0) is 6.42 Å². The van der Waals surface area contributed by atoms with Gasteiger partial charge in [0, 0.05) is 54.6 Å². The molecule has 0 bridgehead atoms. The van der Waals surface area contributed by atoms with Crippen LogP contribution in [0.2, 0.25) is 5.02 Å². The van der Waals surface area contributed by atoms with Gasteiger partial charge in [-0.1, -0.05) is 11.6 Å². The molecule has 4 rings (SSSR count). The van der Waals surface area contributed by atoms with Crippen molar-refractivity contribution in [3.63, 3.8) is 0 Å². The van der Waals surface area contributed by atoms with Gasteiger partial charge in [0.25, 0.3) is 0 Å². The van der Waals surface area contributed by atoms with Gasteiger partial charge in [0.2, 0.25) is 0 Å². The van der Waals surface area contributed by atoms with E-state index in [0.29, 0.717) is 0 Å². The highest BCUT2D eigenvalue weighted by atomic mass is 35.5. The van der Waals surface area contributed by atoms with E-state index < -0.39 is 0 Å². The number of nitrogens with zero attached hydrogens (tertiary/aromatic N) is 2. The standard InChI is InChI=1S/C23H29ClN2O/c1-15-16(2)22-20(14-23(4,5)27-22)17(3)21(15)26-12-10-25(11-13-26)19-8-6-18(24)7-9-19/h6-9H,10-14H2,1-5H3. The van der Waals surface area contributed by atoms with Gasteiger partial charge in [-0.2, -0.15) is 0 Å². The van der Waals surface area contributed by atoms with E-state index in [9.17, 15) is 0 Å². The highest BCUT2D eigenvalue weighted by Gasteiger charge is 2.35. The molecule has 3 nitrogen and oxygen atoms in total. The Labute approximate surface area is 167 Å². The maximum absolute atomic E-state index is 6.28. The quantitative estimate of drug-likeness (QED) is 0.698. The molecule has 0 amide bonds. The molecule has 27 heavy (non-hydrogen) atoms. The number of fused-ring (bicyclic) bond motifs is 1. The van der Waals surface area contributed by atoms with Crippen LogP contribution in [0.5, 0.6) is 5.75 Å². The molecule has 1 saturated heterocycles.